The lowest BCUT2D eigenvalue weighted by Crippen LogP contribution is -2.38. The molecule has 0 bridgehead atoms. The summed E-state index contributed by atoms with van der Waals surface area (Å²) in [5, 5.41) is 13.6. The zero-order valence-electron chi connectivity index (χ0n) is 19.1. The van der Waals surface area contributed by atoms with Crippen molar-refractivity contribution in [2.45, 2.75) is 39.2 Å². The summed E-state index contributed by atoms with van der Waals surface area (Å²) in [6.07, 6.45) is -4.19. The second kappa shape index (κ2) is 9.66. The van der Waals surface area contributed by atoms with Crippen LogP contribution in [-0.4, -0.2) is 39.4 Å². The van der Waals surface area contributed by atoms with Gasteiger partial charge in [-0.3, -0.25) is 4.68 Å². The predicted molar refractivity (Wildman–Crippen MR) is 118 cm³/mol. The quantitative estimate of drug-likeness (QED) is 0.458. The molecule has 1 aromatic heterocycles. The van der Waals surface area contributed by atoms with Crippen LogP contribution in [0.25, 0.3) is 11.3 Å². The third-order valence-corrected chi connectivity index (χ3v) is 5.01. The van der Waals surface area contributed by atoms with Gasteiger partial charge in [-0.1, -0.05) is 0 Å². The van der Waals surface area contributed by atoms with E-state index in [4.69, 9.17) is 9.47 Å². The molecule has 3 rings (SSSR count). The number of aromatic nitrogens is 2. The van der Waals surface area contributed by atoms with E-state index in [1.54, 1.807) is 36.9 Å². The number of carboxylic acid groups (broad SMARTS) is 1. The van der Waals surface area contributed by atoms with Gasteiger partial charge in [0.2, 0.25) is 0 Å². The van der Waals surface area contributed by atoms with Crippen LogP contribution < -0.4 is 14.2 Å². The lowest BCUT2D eigenvalue weighted by atomic mass is 10.1. The number of benzene rings is 2. The second-order valence-electron chi connectivity index (χ2n) is 8.16. The highest BCUT2D eigenvalue weighted by Gasteiger charge is 2.31. The number of hydrogen-bond acceptors (Lipinski definition) is 5. The maximum Gasteiger partial charge on any atom is 0.573 e. The molecule has 0 saturated carbocycles. The van der Waals surface area contributed by atoms with E-state index < -0.39 is 17.9 Å². The van der Waals surface area contributed by atoms with E-state index in [2.05, 4.69) is 9.84 Å². The lowest BCUT2D eigenvalue weighted by molar-refractivity contribution is -0.274. The molecule has 0 aliphatic rings. The Balaban J connectivity index is 1.60. The molecule has 3 aromatic rings. The number of ether oxygens (including phenoxy) is 3. The number of halogens is 3. The van der Waals surface area contributed by atoms with Crippen LogP contribution in [0.4, 0.5) is 13.2 Å². The van der Waals surface area contributed by atoms with E-state index in [0.29, 0.717) is 35.8 Å². The summed E-state index contributed by atoms with van der Waals surface area (Å²) in [5.41, 5.74) is 1.55. The summed E-state index contributed by atoms with van der Waals surface area (Å²) in [5.74, 6) is -0.282. The molecule has 0 aliphatic carbocycles. The zero-order valence-corrected chi connectivity index (χ0v) is 19.1. The second-order valence-corrected chi connectivity index (χ2v) is 8.16. The Bertz CT molecular complexity index is 1150. The summed E-state index contributed by atoms with van der Waals surface area (Å²) in [6.45, 7) is 5.12. The van der Waals surface area contributed by atoms with Gasteiger partial charge < -0.3 is 19.3 Å². The van der Waals surface area contributed by atoms with E-state index in [9.17, 15) is 23.1 Å². The number of hydrogen-bond donors (Lipinski definition) is 1. The first kappa shape index (κ1) is 24.9. The smallest absolute Gasteiger partial charge is 0.493 e. The molecule has 0 atom stereocenters. The third kappa shape index (κ3) is 6.43. The number of rotatable bonds is 9. The lowest BCUT2D eigenvalue weighted by Gasteiger charge is -2.23. The van der Waals surface area contributed by atoms with Crippen LogP contribution >= 0.6 is 0 Å². The first-order valence-corrected chi connectivity index (χ1v) is 10.4. The van der Waals surface area contributed by atoms with Crippen LogP contribution in [0.5, 0.6) is 17.2 Å². The van der Waals surface area contributed by atoms with Crippen LogP contribution in [0, 0.1) is 6.92 Å². The highest BCUT2D eigenvalue weighted by Crippen LogP contribution is 2.28. The molecule has 182 valence electrons. The van der Waals surface area contributed by atoms with Crippen LogP contribution in [0.2, 0.25) is 0 Å². The Labute approximate surface area is 194 Å². The van der Waals surface area contributed by atoms with E-state index in [0.717, 1.165) is 11.3 Å². The van der Waals surface area contributed by atoms with Crippen LogP contribution in [0.1, 0.15) is 25.1 Å². The molecule has 0 saturated heterocycles. The van der Waals surface area contributed by atoms with Gasteiger partial charge in [-0.15, -0.1) is 13.2 Å². The Kier molecular flexibility index (Phi) is 7.09. The standard InChI is InChI=1S/C24H25F3N2O5/c1-15-13-19(9-10-21(15)34-23(2,3)22(30)31)32-12-11-17-14-20(28-29(17)4)16-5-7-18(8-6-16)33-24(25,26)27/h5-10,13-14H,11-12H2,1-4H3,(H,30,31). The summed E-state index contributed by atoms with van der Waals surface area (Å²) in [4.78, 5) is 11.3. The summed E-state index contributed by atoms with van der Waals surface area (Å²) < 4.78 is 53.9. The van der Waals surface area contributed by atoms with Crippen molar-refractivity contribution in [2.24, 2.45) is 7.05 Å². The van der Waals surface area contributed by atoms with Gasteiger partial charge in [-0.25, -0.2) is 4.79 Å². The van der Waals surface area contributed by atoms with Gasteiger partial charge in [0.25, 0.3) is 0 Å². The van der Waals surface area contributed by atoms with Crippen molar-refractivity contribution in [2.75, 3.05) is 6.61 Å². The van der Waals surface area contributed by atoms with E-state index >= 15 is 0 Å². The van der Waals surface area contributed by atoms with Gasteiger partial charge in [0.05, 0.1) is 12.3 Å². The van der Waals surface area contributed by atoms with E-state index in [1.807, 2.05) is 6.07 Å². The van der Waals surface area contributed by atoms with Crippen LogP contribution in [0.3, 0.4) is 0 Å². The normalized spacial score (nSPS) is 11.9. The van der Waals surface area contributed by atoms with Gasteiger partial charge in [0.1, 0.15) is 17.2 Å². The topological polar surface area (TPSA) is 82.8 Å². The minimum Gasteiger partial charge on any atom is -0.493 e. The Morgan fingerprint density at radius 3 is 2.26 bits per heavy atom. The summed E-state index contributed by atoms with van der Waals surface area (Å²) in [7, 11) is 1.78. The highest BCUT2D eigenvalue weighted by atomic mass is 19.4. The van der Waals surface area contributed by atoms with Gasteiger partial charge in [-0.05, 0) is 74.9 Å². The van der Waals surface area contributed by atoms with Crippen molar-refractivity contribution >= 4 is 5.97 Å². The summed E-state index contributed by atoms with van der Waals surface area (Å²) >= 11 is 0. The molecule has 10 heteroatoms. The summed E-state index contributed by atoms with van der Waals surface area (Å²) in [6, 6.07) is 12.5. The Morgan fingerprint density at radius 1 is 1.03 bits per heavy atom. The molecule has 1 heterocycles. The van der Waals surface area contributed by atoms with Gasteiger partial charge in [-0.2, -0.15) is 5.10 Å². The van der Waals surface area contributed by atoms with Crippen molar-refractivity contribution in [3.63, 3.8) is 0 Å². The number of aliphatic carboxylic acids is 1. The molecule has 1 N–H and O–H groups in total. The van der Waals surface area contributed by atoms with Crippen molar-refractivity contribution in [1.29, 1.82) is 0 Å². The molecular weight excluding hydrogens is 453 g/mol. The average molecular weight is 478 g/mol. The molecule has 34 heavy (non-hydrogen) atoms. The SMILES string of the molecule is Cc1cc(OCCc2cc(-c3ccc(OC(F)(F)F)cc3)nn2C)ccc1OC(C)(C)C(=O)O. The van der Waals surface area contributed by atoms with Gasteiger partial charge >= 0.3 is 12.3 Å². The predicted octanol–water partition coefficient (Wildman–Crippen LogP) is 5.16. The molecular formula is C24H25F3N2O5. The van der Waals surface area contributed by atoms with E-state index in [-0.39, 0.29) is 5.75 Å². The van der Waals surface area contributed by atoms with Crippen molar-refractivity contribution in [3.8, 4) is 28.5 Å². The fraction of sp³-hybridized carbons (Fsp3) is 0.333. The average Bonchev–Trinajstić information content (AvgIpc) is 3.10. The molecule has 0 spiro atoms. The minimum atomic E-state index is -4.74. The van der Waals surface area contributed by atoms with Gasteiger partial charge in [0.15, 0.2) is 5.60 Å². The first-order valence-electron chi connectivity index (χ1n) is 10.4. The number of carbonyl (C=O) groups is 1. The molecule has 0 amide bonds. The third-order valence-electron chi connectivity index (χ3n) is 5.01. The number of alkyl halides is 3. The first-order chi connectivity index (χ1) is 15.8. The molecule has 2 aromatic carbocycles. The fourth-order valence-corrected chi connectivity index (χ4v) is 3.13. The Morgan fingerprint density at radius 2 is 1.68 bits per heavy atom. The molecule has 7 nitrogen and oxygen atoms in total. The van der Waals surface area contributed by atoms with Gasteiger partial charge in [0, 0.05) is 24.7 Å². The van der Waals surface area contributed by atoms with Crippen LogP contribution in [0.15, 0.2) is 48.5 Å². The van der Waals surface area contributed by atoms with E-state index in [1.165, 1.54) is 38.1 Å². The number of nitrogens with zero attached hydrogens (tertiary/aromatic N) is 2. The fourth-order valence-electron chi connectivity index (χ4n) is 3.13. The Hall–Kier alpha value is -3.69. The maximum atomic E-state index is 12.3. The maximum absolute atomic E-state index is 12.3. The zero-order chi connectivity index (χ0) is 25.1. The molecule has 0 radical (unpaired) electrons. The minimum absolute atomic E-state index is 0.293. The largest absolute Gasteiger partial charge is 0.573 e. The molecule has 0 aliphatic heterocycles. The molecule has 0 fully saturated rings. The number of aryl methyl sites for hydroxylation is 2. The van der Waals surface area contributed by atoms with Crippen molar-refractivity contribution < 1.29 is 37.3 Å². The highest BCUT2D eigenvalue weighted by molar-refractivity contribution is 5.76. The molecule has 0 unspecified atom stereocenters. The van der Waals surface area contributed by atoms with Crippen molar-refractivity contribution in [3.05, 3.63) is 59.8 Å². The van der Waals surface area contributed by atoms with Crippen molar-refractivity contribution in [1.82, 2.24) is 9.78 Å². The monoisotopic (exact) mass is 478 g/mol. The van der Waals surface area contributed by atoms with Crippen LogP contribution in [-0.2, 0) is 18.3 Å². The number of carboxylic acids is 1.